The summed E-state index contributed by atoms with van der Waals surface area (Å²) in [4.78, 5) is 39.7. The Morgan fingerprint density at radius 1 is 1.05 bits per heavy atom. The van der Waals surface area contributed by atoms with Gasteiger partial charge >= 0.3 is 5.97 Å². The predicted molar refractivity (Wildman–Crippen MR) is 174 cm³/mol. The molecule has 0 radical (unpaired) electrons. The molecule has 0 aliphatic rings. The van der Waals surface area contributed by atoms with Crippen LogP contribution in [0.25, 0.3) is 0 Å². The summed E-state index contributed by atoms with van der Waals surface area (Å²) in [5.41, 5.74) is -0.0317. The maximum atomic E-state index is 13.6. The Morgan fingerprint density at radius 2 is 1.63 bits per heavy atom. The zero-order valence-electron chi connectivity index (χ0n) is 26.3. The zero-order valence-corrected chi connectivity index (χ0v) is 28.8. The fourth-order valence-electron chi connectivity index (χ4n) is 4.45. The number of esters is 1. The van der Waals surface area contributed by atoms with Crippen LogP contribution < -0.4 is 0 Å². The molecule has 0 aliphatic carbocycles. The highest BCUT2D eigenvalue weighted by atomic mass is 32.2. The van der Waals surface area contributed by atoms with E-state index in [0.717, 1.165) is 12.8 Å². The van der Waals surface area contributed by atoms with Crippen LogP contribution in [0.2, 0.25) is 0 Å². The molecule has 0 heterocycles. The quantitative estimate of drug-likeness (QED) is 0.136. The van der Waals surface area contributed by atoms with Crippen LogP contribution in [-0.4, -0.2) is 79.7 Å². The number of aliphatic hydroxyl groups is 1. The molecule has 1 aromatic carbocycles. The van der Waals surface area contributed by atoms with E-state index in [-0.39, 0.29) is 23.8 Å². The minimum atomic E-state index is -1.30. The summed E-state index contributed by atoms with van der Waals surface area (Å²) in [6, 6.07) is 10.4. The first kappa shape index (κ1) is 37.6. The van der Waals surface area contributed by atoms with Crippen molar-refractivity contribution in [2.24, 2.45) is 11.3 Å². The van der Waals surface area contributed by atoms with E-state index in [0.29, 0.717) is 15.8 Å². The van der Waals surface area contributed by atoms with Crippen LogP contribution in [-0.2, 0) is 30.3 Å². The van der Waals surface area contributed by atoms with Crippen LogP contribution in [0.5, 0.6) is 0 Å². The lowest BCUT2D eigenvalue weighted by molar-refractivity contribution is -0.167. The van der Waals surface area contributed by atoms with Gasteiger partial charge in [-0.15, -0.1) is 23.5 Å². The average Bonchev–Trinajstić information content (AvgIpc) is 2.88. The summed E-state index contributed by atoms with van der Waals surface area (Å²) in [6.07, 6.45) is -0.759. The van der Waals surface area contributed by atoms with Crippen molar-refractivity contribution in [1.82, 2.24) is 4.90 Å². The molecule has 7 nitrogen and oxygen atoms in total. The Hall–Kier alpha value is -1.46. The number of hydrogen-bond donors (Lipinski definition) is 1. The number of ether oxygens (including phenoxy) is 2. The third-order valence-corrected chi connectivity index (χ3v) is 9.77. The second-order valence-electron chi connectivity index (χ2n) is 12.2. The van der Waals surface area contributed by atoms with E-state index in [4.69, 9.17) is 21.7 Å². The summed E-state index contributed by atoms with van der Waals surface area (Å²) >= 11 is 8.71. The molecule has 1 rings (SSSR count). The van der Waals surface area contributed by atoms with E-state index in [2.05, 4.69) is 39.8 Å². The van der Waals surface area contributed by atoms with Crippen molar-refractivity contribution in [2.45, 2.75) is 97.7 Å². The summed E-state index contributed by atoms with van der Waals surface area (Å²) in [5.74, 6) is -0.851. The number of Topliss-reactive ketones (excluding diaryl/α,β-unsaturated/α-hetero) is 1. The number of aliphatic hydroxyl groups excluding tert-OH is 1. The van der Waals surface area contributed by atoms with Crippen LogP contribution in [0.4, 0.5) is 0 Å². The third kappa shape index (κ3) is 12.7. The Morgan fingerprint density at radius 3 is 2.17 bits per heavy atom. The first-order chi connectivity index (χ1) is 18.8. The summed E-state index contributed by atoms with van der Waals surface area (Å²) in [7, 11) is 1.85. The van der Waals surface area contributed by atoms with Gasteiger partial charge in [0, 0.05) is 24.1 Å². The minimum absolute atomic E-state index is 0.102. The number of amides is 1. The molecular weight excluding hydrogens is 579 g/mol. The zero-order chi connectivity index (χ0) is 31.6. The number of ketones is 1. The van der Waals surface area contributed by atoms with Crippen LogP contribution in [0.15, 0.2) is 30.3 Å². The van der Waals surface area contributed by atoms with Gasteiger partial charge in [-0.2, -0.15) is 0 Å². The van der Waals surface area contributed by atoms with Crippen molar-refractivity contribution in [3.63, 3.8) is 0 Å². The monoisotopic (exact) mass is 627 g/mol. The summed E-state index contributed by atoms with van der Waals surface area (Å²) in [5, 5.41) is 9.32. The van der Waals surface area contributed by atoms with Gasteiger partial charge in [-0.1, -0.05) is 56.4 Å². The largest absolute Gasteiger partial charge is 0.453 e. The van der Waals surface area contributed by atoms with Gasteiger partial charge in [-0.05, 0) is 72.3 Å². The van der Waals surface area contributed by atoms with Crippen LogP contribution in [0, 0.1) is 11.3 Å². The second-order valence-corrected chi connectivity index (χ2v) is 16.2. The van der Waals surface area contributed by atoms with E-state index < -0.39 is 34.3 Å². The van der Waals surface area contributed by atoms with Crippen molar-refractivity contribution >= 4 is 56.9 Å². The lowest BCUT2D eigenvalue weighted by Crippen LogP contribution is -2.45. The van der Waals surface area contributed by atoms with E-state index in [9.17, 15) is 19.5 Å². The number of rotatable bonds is 16. The number of carbonyl (C=O) groups excluding carboxylic acids is 3. The van der Waals surface area contributed by atoms with Crippen molar-refractivity contribution in [1.29, 1.82) is 0 Å². The normalized spacial score (nSPS) is 14.6. The smallest absolute Gasteiger partial charge is 0.335 e. The molecule has 1 aromatic rings. The Bertz CT molecular complexity index is 1030. The number of carbonyl (C=O) groups is 3. The summed E-state index contributed by atoms with van der Waals surface area (Å²) in [6.45, 7) is 17.5. The molecule has 0 aromatic heterocycles. The number of benzene rings is 1. The topological polar surface area (TPSA) is 93.1 Å². The molecule has 1 unspecified atom stereocenters. The maximum absolute atomic E-state index is 13.6. The van der Waals surface area contributed by atoms with E-state index >= 15 is 0 Å². The second kappa shape index (κ2) is 16.4. The van der Waals surface area contributed by atoms with Crippen molar-refractivity contribution in [2.75, 3.05) is 26.0 Å². The predicted octanol–water partition coefficient (Wildman–Crippen LogP) is 5.95. The molecular formula is C31H49NO6S3. The van der Waals surface area contributed by atoms with Crippen LogP contribution in [0.1, 0.15) is 74.3 Å². The van der Waals surface area contributed by atoms with E-state index in [1.54, 1.807) is 18.7 Å². The third-order valence-electron chi connectivity index (χ3n) is 6.98. The van der Waals surface area contributed by atoms with Crippen LogP contribution in [0.3, 0.4) is 0 Å². The van der Waals surface area contributed by atoms with Gasteiger partial charge in [0.15, 0.2) is 6.10 Å². The van der Waals surface area contributed by atoms with Crippen molar-refractivity contribution < 1.29 is 29.0 Å². The van der Waals surface area contributed by atoms with Gasteiger partial charge in [0.2, 0.25) is 11.7 Å². The SMILES string of the molecule is CCN(C)C(=O)C(CC(C)(C)Cc1ccccc1)C(C)(C)SC(=S)SCCOC(C)(C)C(=O)[C@@H](C)OC(=O)[C@@H](C)O. The van der Waals surface area contributed by atoms with Gasteiger partial charge < -0.3 is 19.5 Å². The molecule has 0 fully saturated rings. The molecule has 0 saturated heterocycles. The molecule has 0 bridgehead atoms. The Labute approximate surface area is 260 Å². The molecule has 0 spiro atoms. The van der Waals surface area contributed by atoms with Crippen molar-refractivity contribution in [3.8, 4) is 0 Å². The standard InChI is InChI=1S/C31H49NO6S3/c1-11-32(10)26(35)24(20-29(4,5)19-23-15-13-12-14-16-23)31(8,9)41-28(39)40-18-17-37-30(6,7)25(34)22(3)38-27(36)21(2)33/h12-16,21-22,24,33H,11,17-20H2,1-10H3/t21-,22-,24?/m1/s1. The highest BCUT2D eigenvalue weighted by Crippen LogP contribution is 2.43. The fraction of sp³-hybridized carbons (Fsp3) is 0.677. The number of thioether (sulfide) groups is 2. The highest BCUT2D eigenvalue weighted by molar-refractivity contribution is 8.47. The fourth-order valence-corrected chi connectivity index (χ4v) is 7.56. The first-order valence-corrected chi connectivity index (χ1v) is 16.3. The highest BCUT2D eigenvalue weighted by Gasteiger charge is 2.41. The van der Waals surface area contributed by atoms with E-state index in [1.165, 1.54) is 42.9 Å². The number of nitrogens with zero attached hydrogens (tertiary/aromatic N) is 1. The molecule has 3 atom stereocenters. The lowest BCUT2D eigenvalue weighted by atomic mass is 9.74. The molecule has 232 valence electrons. The van der Waals surface area contributed by atoms with Gasteiger partial charge in [-0.3, -0.25) is 9.59 Å². The lowest BCUT2D eigenvalue weighted by Gasteiger charge is -2.39. The van der Waals surface area contributed by atoms with Gasteiger partial charge in [0.25, 0.3) is 0 Å². The number of thiocarbonyl (C=S) groups is 1. The van der Waals surface area contributed by atoms with Gasteiger partial charge in [0.1, 0.15) is 15.2 Å². The van der Waals surface area contributed by atoms with E-state index in [1.807, 2.05) is 32.2 Å². The van der Waals surface area contributed by atoms with Crippen LogP contribution >= 0.6 is 35.7 Å². The van der Waals surface area contributed by atoms with Gasteiger partial charge in [-0.25, -0.2) is 4.79 Å². The summed E-state index contributed by atoms with van der Waals surface area (Å²) < 4.78 is 11.1. The molecule has 41 heavy (non-hydrogen) atoms. The molecule has 10 heteroatoms. The first-order valence-electron chi connectivity index (χ1n) is 14.0. The van der Waals surface area contributed by atoms with Gasteiger partial charge in [0.05, 0.1) is 12.5 Å². The Kier molecular flexibility index (Phi) is 15.0. The maximum Gasteiger partial charge on any atom is 0.335 e. The Balaban J connectivity index is 2.81. The minimum Gasteiger partial charge on any atom is -0.453 e. The molecule has 0 saturated carbocycles. The molecule has 1 N–H and O–H groups in total. The average molecular weight is 628 g/mol. The number of hydrogen-bond acceptors (Lipinski definition) is 9. The molecule has 1 amide bonds. The molecule has 0 aliphatic heterocycles. The van der Waals surface area contributed by atoms with Crippen molar-refractivity contribution in [3.05, 3.63) is 35.9 Å².